The Morgan fingerprint density at radius 1 is 1.40 bits per heavy atom. The summed E-state index contributed by atoms with van der Waals surface area (Å²) in [5.41, 5.74) is 1.67. The summed E-state index contributed by atoms with van der Waals surface area (Å²) < 4.78 is 20.3. The Bertz CT molecular complexity index is 695. The molecule has 1 aromatic heterocycles. The molecule has 6 nitrogen and oxygen atoms in total. The summed E-state index contributed by atoms with van der Waals surface area (Å²) in [6.07, 6.45) is 6.90. The minimum absolute atomic E-state index is 0.118. The highest BCUT2D eigenvalue weighted by molar-refractivity contribution is 5.73. The summed E-state index contributed by atoms with van der Waals surface area (Å²) in [5.74, 6) is -0.283. The van der Waals surface area contributed by atoms with Crippen LogP contribution < -0.4 is 5.32 Å². The van der Waals surface area contributed by atoms with E-state index >= 15 is 0 Å². The van der Waals surface area contributed by atoms with Crippen LogP contribution in [0.15, 0.2) is 36.7 Å². The van der Waals surface area contributed by atoms with Crippen molar-refractivity contribution in [3.8, 4) is 5.69 Å². The lowest BCUT2D eigenvalue weighted by atomic mass is 10.1. The van der Waals surface area contributed by atoms with Gasteiger partial charge in [0.1, 0.15) is 5.82 Å². The van der Waals surface area contributed by atoms with Crippen molar-refractivity contribution in [1.82, 2.24) is 20.0 Å². The smallest absolute Gasteiger partial charge is 0.317 e. The molecule has 1 saturated heterocycles. The van der Waals surface area contributed by atoms with Crippen molar-refractivity contribution in [1.29, 1.82) is 0 Å². The van der Waals surface area contributed by atoms with Gasteiger partial charge in [0.05, 0.1) is 24.5 Å². The number of aromatic nitrogens is 2. The van der Waals surface area contributed by atoms with E-state index in [2.05, 4.69) is 10.4 Å². The number of halogens is 1. The number of nitrogens with one attached hydrogen (secondary N) is 1. The summed E-state index contributed by atoms with van der Waals surface area (Å²) in [4.78, 5) is 13.8. The highest BCUT2D eigenvalue weighted by atomic mass is 19.1. The molecule has 0 radical (unpaired) electrons. The van der Waals surface area contributed by atoms with E-state index in [4.69, 9.17) is 4.74 Å². The van der Waals surface area contributed by atoms with Gasteiger partial charge in [-0.2, -0.15) is 5.10 Å². The summed E-state index contributed by atoms with van der Waals surface area (Å²) in [6.45, 7) is 1.76. The van der Waals surface area contributed by atoms with E-state index in [1.807, 2.05) is 6.20 Å². The van der Waals surface area contributed by atoms with Crippen LogP contribution in [0.2, 0.25) is 0 Å². The second kappa shape index (κ2) is 8.11. The second-order valence-corrected chi connectivity index (χ2v) is 6.30. The summed E-state index contributed by atoms with van der Waals surface area (Å²) in [5, 5.41) is 7.17. The minimum atomic E-state index is -0.283. The van der Waals surface area contributed by atoms with E-state index in [1.165, 1.54) is 12.1 Å². The lowest BCUT2D eigenvalue weighted by Gasteiger charge is -2.24. The molecule has 1 N–H and O–H groups in total. The van der Waals surface area contributed by atoms with Gasteiger partial charge in [-0.1, -0.05) is 0 Å². The lowest BCUT2D eigenvalue weighted by Crippen LogP contribution is -2.41. The van der Waals surface area contributed by atoms with Crippen molar-refractivity contribution in [3.63, 3.8) is 0 Å². The third kappa shape index (κ3) is 4.79. The fourth-order valence-corrected chi connectivity index (χ4v) is 2.83. The number of hydrogen-bond acceptors (Lipinski definition) is 3. The van der Waals surface area contributed by atoms with E-state index in [0.29, 0.717) is 13.1 Å². The van der Waals surface area contributed by atoms with Crippen LogP contribution in [-0.4, -0.2) is 47.0 Å². The SMILES string of the molecule is CN(Cc1cnn(-c2ccc(F)cc2)c1)C(=O)NC[C@H]1CCCCO1. The van der Waals surface area contributed by atoms with Crippen LogP contribution in [0.1, 0.15) is 24.8 Å². The van der Waals surface area contributed by atoms with E-state index in [0.717, 1.165) is 37.1 Å². The molecule has 0 bridgehead atoms. The average molecular weight is 346 g/mol. The number of carbonyl (C=O) groups is 1. The van der Waals surface area contributed by atoms with Crippen LogP contribution in [0.25, 0.3) is 5.69 Å². The summed E-state index contributed by atoms with van der Waals surface area (Å²) >= 11 is 0. The first kappa shape index (κ1) is 17.4. The van der Waals surface area contributed by atoms with Crippen molar-refractivity contribution < 1.29 is 13.9 Å². The van der Waals surface area contributed by atoms with Crippen LogP contribution in [-0.2, 0) is 11.3 Å². The lowest BCUT2D eigenvalue weighted by molar-refractivity contribution is 0.0178. The molecule has 0 spiro atoms. The molecule has 0 saturated carbocycles. The molecule has 1 aliphatic rings. The zero-order valence-electron chi connectivity index (χ0n) is 14.3. The number of rotatable bonds is 5. The van der Waals surface area contributed by atoms with Crippen LogP contribution in [0.3, 0.4) is 0 Å². The minimum Gasteiger partial charge on any atom is -0.376 e. The predicted molar refractivity (Wildman–Crippen MR) is 92.0 cm³/mol. The Balaban J connectivity index is 1.51. The molecule has 0 aliphatic carbocycles. The van der Waals surface area contributed by atoms with Crippen LogP contribution in [0, 0.1) is 5.82 Å². The van der Waals surface area contributed by atoms with Gasteiger partial charge in [-0.05, 0) is 43.5 Å². The van der Waals surface area contributed by atoms with Crippen LogP contribution in [0.4, 0.5) is 9.18 Å². The molecule has 1 fully saturated rings. The van der Waals surface area contributed by atoms with Crippen molar-refractivity contribution in [2.24, 2.45) is 0 Å². The van der Waals surface area contributed by atoms with Crippen LogP contribution >= 0.6 is 0 Å². The highest BCUT2D eigenvalue weighted by Gasteiger charge is 2.16. The molecule has 0 unspecified atom stereocenters. The first-order chi connectivity index (χ1) is 12.1. The summed E-state index contributed by atoms with van der Waals surface area (Å²) in [6, 6.07) is 5.97. The fraction of sp³-hybridized carbons (Fsp3) is 0.444. The largest absolute Gasteiger partial charge is 0.376 e. The molecular weight excluding hydrogens is 323 g/mol. The first-order valence-corrected chi connectivity index (χ1v) is 8.52. The number of carbonyl (C=O) groups excluding carboxylic acids is 1. The van der Waals surface area contributed by atoms with Crippen molar-refractivity contribution in [2.45, 2.75) is 31.9 Å². The average Bonchev–Trinajstić information content (AvgIpc) is 3.09. The third-order valence-electron chi connectivity index (χ3n) is 4.25. The molecule has 3 rings (SSSR count). The Kier molecular flexibility index (Phi) is 5.65. The maximum atomic E-state index is 13.0. The van der Waals surface area contributed by atoms with Gasteiger partial charge >= 0.3 is 6.03 Å². The molecule has 2 aromatic rings. The number of urea groups is 1. The number of benzene rings is 1. The molecule has 134 valence electrons. The van der Waals surface area contributed by atoms with Crippen molar-refractivity contribution in [3.05, 3.63) is 48.0 Å². The molecule has 2 amide bonds. The van der Waals surface area contributed by atoms with Crippen molar-refractivity contribution in [2.75, 3.05) is 20.2 Å². The molecular formula is C18H23FN4O2. The monoisotopic (exact) mass is 346 g/mol. The van der Waals surface area contributed by atoms with E-state index in [-0.39, 0.29) is 18.0 Å². The number of nitrogens with zero attached hydrogens (tertiary/aromatic N) is 3. The molecule has 1 aliphatic heterocycles. The van der Waals surface area contributed by atoms with E-state index in [1.54, 1.807) is 35.0 Å². The predicted octanol–water partition coefficient (Wildman–Crippen LogP) is 2.72. The van der Waals surface area contributed by atoms with Gasteiger partial charge in [0.25, 0.3) is 0 Å². The molecule has 1 atom stereocenters. The van der Waals surface area contributed by atoms with Gasteiger partial charge in [-0.25, -0.2) is 13.9 Å². The van der Waals surface area contributed by atoms with Crippen LogP contribution in [0.5, 0.6) is 0 Å². The topological polar surface area (TPSA) is 59.4 Å². The van der Waals surface area contributed by atoms with Crippen molar-refractivity contribution >= 4 is 6.03 Å². The number of ether oxygens (including phenoxy) is 1. The van der Waals surface area contributed by atoms with Gasteiger partial charge < -0.3 is 15.0 Å². The fourth-order valence-electron chi connectivity index (χ4n) is 2.83. The quantitative estimate of drug-likeness (QED) is 0.906. The Hall–Kier alpha value is -2.41. The van der Waals surface area contributed by atoms with E-state index < -0.39 is 0 Å². The molecule has 1 aromatic carbocycles. The maximum Gasteiger partial charge on any atom is 0.317 e. The zero-order valence-corrected chi connectivity index (χ0v) is 14.3. The standard InChI is InChI=1S/C18H23FN4O2/c1-22(18(24)20-11-17-4-2-3-9-25-17)12-14-10-21-23(13-14)16-7-5-15(19)6-8-16/h5-8,10,13,17H,2-4,9,11-12H2,1H3,(H,20,24)/t17-/m1/s1. The second-order valence-electron chi connectivity index (χ2n) is 6.30. The summed E-state index contributed by atoms with van der Waals surface area (Å²) in [7, 11) is 1.74. The van der Waals surface area contributed by atoms with Gasteiger partial charge in [0, 0.05) is 32.0 Å². The third-order valence-corrected chi connectivity index (χ3v) is 4.25. The Labute approximate surface area is 146 Å². The number of hydrogen-bond donors (Lipinski definition) is 1. The first-order valence-electron chi connectivity index (χ1n) is 8.52. The number of amides is 2. The Morgan fingerprint density at radius 3 is 2.92 bits per heavy atom. The molecule has 7 heteroatoms. The maximum absolute atomic E-state index is 13.0. The zero-order chi connectivity index (χ0) is 17.6. The normalized spacial score (nSPS) is 17.3. The molecule has 25 heavy (non-hydrogen) atoms. The van der Waals surface area contributed by atoms with E-state index in [9.17, 15) is 9.18 Å². The van der Waals surface area contributed by atoms with Gasteiger partial charge in [0.2, 0.25) is 0 Å². The van der Waals surface area contributed by atoms with Gasteiger partial charge in [-0.15, -0.1) is 0 Å². The van der Waals surface area contributed by atoms with Gasteiger partial charge in [-0.3, -0.25) is 0 Å². The molecule has 2 heterocycles. The Morgan fingerprint density at radius 2 is 2.20 bits per heavy atom. The van der Waals surface area contributed by atoms with Gasteiger partial charge in [0.15, 0.2) is 0 Å². The highest BCUT2D eigenvalue weighted by Crippen LogP contribution is 2.12.